The Kier molecular flexibility index (Phi) is 9.82. The highest BCUT2D eigenvalue weighted by atomic mass is 15.0. The summed E-state index contributed by atoms with van der Waals surface area (Å²) in [4.78, 5) is 15.3. The average molecular weight is 892 g/mol. The molecule has 3 aromatic heterocycles. The molecule has 9 nitrogen and oxygen atoms in total. The van der Waals surface area contributed by atoms with Crippen LogP contribution < -0.4 is 0 Å². The first-order chi connectivity index (χ1) is 34.5. The van der Waals surface area contributed by atoms with Crippen LogP contribution in [0, 0.1) is 45.3 Å². The molecule has 3 heterocycles. The van der Waals surface area contributed by atoms with Crippen molar-refractivity contribution in [3.8, 4) is 92.1 Å². The molecule has 0 N–H and O–H groups in total. The van der Waals surface area contributed by atoms with Crippen LogP contribution in [0.15, 0.2) is 200 Å². The molecule has 9 heteroatoms. The van der Waals surface area contributed by atoms with Crippen LogP contribution in [0.3, 0.4) is 0 Å². The van der Waals surface area contributed by atoms with Gasteiger partial charge in [-0.1, -0.05) is 115 Å². The summed E-state index contributed by atoms with van der Waals surface area (Å²) >= 11 is 0. The van der Waals surface area contributed by atoms with E-state index in [1.165, 1.54) is 0 Å². The number of hydrogen-bond acceptors (Lipinski definition) is 7. The number of nitrogens with zero attached hydrogens (tertiary/aromatic N) is 9. The predicted molar refractivity (Wildman–Crippen MR) is 275 cm³/mol. The summed E-state index contributed by atoms with van der Waals surface area (Å²) in [5.41, 5.74) is 11.4. The molecular formula is C61H33N9. The largest absolute Gasteiger partial charge is 0.309 e. The van der Waals surface area contributed by atoms with E-state index in [1.807, 2.05) is 103 Å². The minimum Gasteiger partial charge on any atom is -0.309 e. The second kappa shape index (κ2) is 16.8. The maximum atomic E-state index is 10.4. The van der Waals surface area contributed by atoms with Gasteiger partial charge in [0.2, 0.25) is 0 Å². The van der Waals surface area contributed by atoms with E-state index in [0.717, 1.165) is 60.4 Å². The average Bonchev–Trinajstić information content (AvgIpc) is 3.93. The minimum absolute atomic E-state index is 0.305. The monoisotopic (exact) mass is 891 g/mol. The minimum atomic E-state index is 0.305. The van der Waals surface area contributed by atoms with E-state index in [4.69, 9.17) is 15.0 Å². The third-order valence-electron chi connectivity index (χ3n) is 12.8. The van der Waals surface area contributed by atoms with Crippen molar-refractivity contribution in [1.82, 2.24) is 24.1 Å². The Bertz CT molecular complexity index is 4060. The van der Waals surface area contributed by atoms with Gasteiger partial charge in [0.25, 0.3) is 0 Å². The fourth-order valence-corrected chi connectivity index (χ4v) is 9.73. The molecular weight excluding hydrogens is 859 g/mol. The summed E-state index contributed by atoms with van der Waals surface area (Å²) in [5, 5.41) is 46.0. The second-order valence-electron chi connectivity index (χ2n) is 16.9. The van der Waals surface area contributed by atoms with Gasteiger partial charge in [0.15, 0.2) is 17.5 Å². The van der Waals surface area contributed by atoms with Gasteiger partial charge in [0.1, 0.15) is 0 Å². The maximum absolute atomic E-state index is 10.4. The van der Waals surface area contributed by atoms with Gasteiger partial charge in [-0.3, -0.25) is 0 Å². The lowest BCUT2D eigenvalue weighted by Gasteiger charge is -2.21. The molecule has 12 rings (SSSR count). The Balaban J connectivity index is 1.27. The fourth-order valence-electron chi connectivity index (χ4n) is 9.73. The molecule has 0 saturated heterocycles. The zero-order chi connectivity index (χ0) is 47.3. The first-order valence-corrected chi connectivity index (χ1v) is 22.5. The Morgan fingerprint density at radius 3 is 1.14 bits per heavy atom. The first-order valence-electron chi connectivity index (χ1n) is 22.5. The smallest absolute Gasteiger partial charge is 0.164 e. The first kappa shape index (κ1) is 41.0. The molecule has 322 valence electrons. The van der Waals surface area contributed by atoms with E-state index in [2.05, 4.69) is 94.1 Å². The number of para-hydroxylation sites is 3. The predicted octanol–water partition coefficient (Wildman–Crippen LogP) is 13.9. The molecule has 0 aliphatic rings. The molecule has 0 aliphatic heterocycles. The summed E-state index contributed by atoms with van der Waals surface area (Å²) < 4.78 is 4.53. The van der Waals surface area contributed by atoms with Crippen LogP contribution in [0.5, 0.6) is 0 Å². The molecule has 0 fully saturated rings. The third kappa shape index (κ3) is 6.88. The summed E-state index contributed by atoms with van der Waals surface area (Å²) in [7, 11) is 0. The van der Waals surface area contributed by atoms with Crippen molar-refractivity contribution in [3.63, 3.8) is 0 Å². The van der Waals surface area contributed by atoms with Crippen molar-refractivity contribution < 1.29 is 0 Å². The lowest BCUT2D eigenvalue weighted by Crippen LogP contribution is -2.05. The maximum Gasteiger partial charge on any atom is 0.164 e. The molecule has 0 aliphatic carbocycles. The Morgan fingerprint density at radius 2 is 0.686 bits per heavy atom. The van der Waals surface area contributed by atoms with Crippen molar-refractivity contribution in [2.24, 2.45) is 0 Å². The molecule has 12 aromatic rings. The van der Waals surface area contributed by atoms with Crippen LogP contribution in [-0.4, -0.2) is 24.1 Å². The number of benzene rings is 9. The SMILES string of the molecule is N#Cc1cc(C#N)cc(-c2cc(-c3nc(-c4ccccc4)nc(-c4ccccc4)n3)cc(-c3cc(C#N)cc(C#N)c3)c2-n2c3ccccc3c3cc4c5ccccc5n(-c5ccccc5)c4cc32)c1. The molecule has 0 bridgehead atoms. The van der Waals surface area contributed by atoms with Crippen molar-refractivity contribution in [1.29, 1.82) is 21.0 Å². The van der Waals surface area contributed by atoms with Gasteiger partial charge in [-0.05, 0) is 96.1 Å². The van der Waals surface area contributed by atoms with Crippen molar-refractivity contribution in [3.05, 3.63) is 222 Å². The van der Waals surface area contributed by atoms with Gasteiger partial charge in [-0.25, -0.2) is 15.0 Å². The standard InChI is InChI=1S/C61H33N9/c62-34-38-24-39(35-63)27-44(26-38)50-30-46(61-67-59(42-14-4-1-5-15-42)66-60(68-61)43-16-6-2-7-17-43)31-51(45-28-40(36-64)25-41(29-45)37-65)58(50)70-55-23-13-11-21-49(55)53-32-52-48-20-10-12-22-54(48)69(56(52)33-57(53)70)47-18-8-3-9-19-47/h1-33H. The topological polar surface area (TPSA) is 144 Å². The van der Waals surface area contributed by atoms with E-state index in [9.17, 15) is 21.0 Å². The molecule has 0 amide bonds. The van der Waals surface area contributed by atoms with Gasteiger partial charge >= 0.3 is 0 Å². The summed E-state index contributed by atoms with van der Waals surface area (Å²) in [6.07, 6.45) is 0. The third-order valence-corrected chi connectivity index (χ3v) is 12.8. The zero-order valence-corrected chi connectivity index (χ0v) is 37.1. The lowest BCUT2D eigenvalue weighted by molar-refractivity contribution is 1.07. The highest BCUT2D eigenvalue weighted by Crippen LogP contribution is 2.46. The Labute approximate surface area is 401 Å². The van der Waals surface area contributed by atoms with Gasteiger partial charge in [-0.15, -0.1) is 0 Å². The van der Waals surface area contributed by atoms with Crippen LogP contribution in [0.2, 0.25) is 0 Å². The summed E-state index contributed by atoms with van der Waals surface area (Å²) in [6.45, 7) is 0. The molecule has 70 heavy (non-hydrogen) atoms. The Hall–Kier alpha value is -10.5. The molecule has 0 spiro atoms. The van der Waals surface area contributed by atoms with Crippen molar-refractivity contribution >= 4 is 43.6 Å². The van der Waals surface area contributed by atoms with Crippen LogP contribution in [0.1, 0.15) is 22.3 Å². The summed E-state index contributed by atoms with van der Waals surface area (Å²) in [5.74, 6) is 1.30. The molecule has 0 atom stereocenters. The normalized spacial score (nSPS) is 11.1. The molecule has 0 radical (unpaired) electrons. The molecule has 0 saturated carbocycles. The highest BCUT2D eigenvalue weighted by molar-refractivity contribution is 6.19. The zero-order valence-electron chi connectivity index (χ0n) is 37.1. The summed E-state index contributed by atoms with van der Waals surface area (Å²) in [6, 6.07) is 74.5. The van der Waals surface area contributed by atoms with Crippen LogP contribution in [0.25, 0.3) is 111 Å². The van der Waals surface area contributed by atoms with E-state index in [-0.39, 0.29) is 0 Å². The van der Waals surface area contributed by atoms with E-state index >= 15 is 0 Å². The quantitative estimate of drug-likeness (QED) is 0.155. The molecule has 9 aromatic carbocycles. The Morgan fingerprint density at radius 1 is 0.300 bits per heavy atom. The second-order valence-corrected chi connectivity index (χ2v) is 16.9. The van der Waals surface area contributed by atoms with Gasteiger partial charge < -0.3 is 9.13 Å². The number of hydrogen-bond donors (Lipinski definition) is 0. The van der Waals surface area contributed by atoms with Gasteiger partial charge in [-0.2, -0.15) is 21.0 Å². The lowest BCUT2D eigenvalue weighted by atomic mass is 9.90. The van der Waals surface area contributed by atoms with Gasteiger partial charge in [0.05, 0.1) is 74.3 Å². The number of nitriles is 4. The number of aromatic nitrogens is 5. The molecule has 0 unspecified atom stereocenters. The van der Waals surface area contributed by atoms with E-state index in [0.29, 0.717) is 73.2 Å². The van der Waals surface area contributed by atoms with Crippen LogP contribution in [0.4, 0.5) is 0 Å². The van der Waals surface area contributed by atoms with E-state index < -0.39 is 0 Å². The van der Waals surface area contributed by atoms with Gasteiger partial charge in [0, 0.05) is 55.0 Å². The number of rotatable bonds is 7. The highest BCUT2D eigenvalue weighted by Gasteiger charge is 2.26. The van der Waals surface area contributed by atoms with Crippen LogP contribution >= 0.6 is 0 Å². The van der Waals surface area contributed by atoms with Crippen molar-refractivity contribution in [2.45, 2.75) is 0 Å². The number of fused-ring (bicyclic) bond motifs is 6. The van der Waals surface area contributed by atoms with Crippen molar-refractivity contribution in [2.75, 3.05) is 0 Å². The fraction of sp³-hybridized carbons (Fsp3) is 0. The van der Waals surface area contributed by atoms with Crippen LogP contribution in [-0.2, 0) is 0 Å². The van der Waals surface area contributed by atoms with E-state index in [1.54, 1.807) is 36.4 Å².